The topological polar surface area (TPSA) is 52.6 Å². The minimum atomic E-state index is -0.666. The van der Waals surface area contributed by atoms with Crippen LogP contribution in [-0.2, 0) is 4.79 Å². The molecule has 1 aromatic rings. The van der Waals surface area contributed by atoms with Gasteiger partial charge in [-0.1, -0.05) is 13.0 Å². The molecule has 0 unspecified atom stereocenters. The van der Waals surface area contributed by atoms with Gasteiger partial charge in [0.15, 0.2) is 0 Å². The Morgan fingerprint density at radius 2 is 2.00 bits per heavy atom. The number of hydrogen-bond acceptors (Lipinski definition) is 3. The number of hydrogen-bond donors (Lipinski definition) is 1. The van der Waals surface area contributed by atoms with Crippen molar-refractivity contribution in [3.63, 3.8) is 0 Å². The van der Waals surface area contributed by atoms with Crippen molar-refractivity contribution < 1.29 is 18.4 Å². The summed E-state index contributed by atoms with van der Waals surface area (Å²) in [5, 5.41) is 2.06. The van der Waals surface area contributed by atoms with Crippen molar-refractivity contribution in [2.75, 3.05) is 20.1 Å². The number of nitrogens with one attached hydrogen (secondary N) is 1. The third-order valence-corrected chi connectivity index (χ3v) is 5.87. The van der Waals surface area contributed by atoms with Gasteiger partial charge in [-0.05, 0) is 33.3 Å². The number of benzene rings is 1. The average Bonchev–Trinajstić information content (AvgIpc) is 2.86. The number of urea groups is 1. The number of carbonyl (C=O) groups excluding carboxylic acids is 2. The van der Waals surface area contributed by atoms with Gasteiger partial charge in [-0.25, -0.2) is 13.6 Å². The van der Waals surface area contributed by atoms with Gasteiger partial charge in [-0.15, -0.1) is 11.8 Å². The van der Waals surface area contributed by atoms with E-state index in [4.69, 9.17) is 0 Å². The third kappa shape index (κ3) is 5.34. The van der Waals surface area contributed by atoms with E-state index in [-0.39, 0.29) is 34.8 Å². The predicted molar refractivity (Wildman–Crippen MR) is 103 cm³/mol. The number of likely N-dealkylation sites (N-methyl/N-ethyl adjacent to an activating group) is 1. The Balaban J connectivity index is 2.13. The second-order valence-corrected chi connectivity index (χ2v) is 8.97. The largest absolute Gasteiger partial charge is 0.333 e. The Morgan fingerprint density at radius 3 is 2.56 bits per heavy atom. The zero-order valence-electron chi connectivity index (χ0n) is 16.4. The average molecular weight is 400 g/mol. The van der Waals surface area contributed by atoms with Crippen molar-refractivity contribution in [2.24, 2.45) is 0 Å². The van der Waals surface area contributed by atoms with E-state index >= 15 is 0 Å². The zero-order valence-corrected chi connectivity index (χ0v) is 17.2. The summed E-state index contributed by atoms with van der Waals surface area (Å²) in [6, 6.07) is 3.18. The SMILES string of the molecule is CC[C@@H]1S[C@@H](c2ccc(F)cc2F)N(CCN(C)C(=O)NC(C)(C)C)C1=O. The summed E-state index contributed by atoms with van der Waals surface area (Å²) in [5.41, 5.74) is -0.0786. The molecule has 1 fully saturated rings. The van der Waals surface area contributed by atoms with E-state index in [1.165, 1.54) is 28.8 Å². The molecule has 2 atom stereocenters. The molecular formula is C19H27F2N3O2S. The Hall–Kier alpha value is -1.83. The molecule has 0 radical (unpaired) electrons. The van der Waals surface area contributed by atoms with E-state index in [2.05, 4.69) is 5.32 Å². The fourth-order valence-corrected chi connectivity index (χ4v) is 4.25. The van der Waals surface area contributed by atoms with E-state index in [0.717, 1.165) is 6.07 Å². The highest BCUT2D eigenvalue weighted by molar-refractivity contribution is 8.01. The van der Waals surface area contributed by atoms with Gasteiger partial charge in [-0.3, -0.25) is 4.79 Å². The van der Waals surface area contributed by atoms with Crippen LogP contribution in [0, 0.1) is 11.6 Å². The lowest BCUT2D eigenvalue weighted by Gasteiger charge is -2.29. The lowest BCUT2D eigenvalue weighted by atomic mass is 10.1. The van der Waals surface area contributed by atoms with Crippen LogP contribution in [0.5, 0.6) is 0 Å². The number of carbonyl (C=O) groups is 2. The van der Waals surface area contributed by atoms with Crippen LogP contribution < -0.4 is 5.32 Å². The lowest BCUT2D eigenvalue weighted by molar-refractivity contribution is -0.130. The van der Waals surface area contributed by atoms with Crippen molar-refractivity contribution in [1.29, 1.82) is 0 Å². The molecule has 3 amide bonds. The number of nitrogens with zero attached hydrogens (tertiary/aromatic N) is 2. The van der Waals surface area contributed by atoms with Gasteiger partial charge >= 0.3 is 6.03 Å². The van der Waals surface area contributed by atoms with Gasteiger partial charge in [0, 0.05) is 37.3 Å². The van der Waals surface area contributed by atoms with Crippen LogP contribution >= 0.6 is 11.8 Å². The van der Waals surface area contributed by atoms with Crippen molar-refractivity contribution in [3.05, 3.63) is 35.4 Å². The fraction of sp³-hybridized carbons (Fsp3) is 0.579. The monoisotopic (exact) mass is 399 g/mol. The molecule has 5 nitrogen and oxygen atoms in total. The summed E-state index contributed by atoms with van der Waals surface area (Å²) < 4.78 is 27.5. The van der Waals surface area contributed by atoms with Gasteiger partial charge in [-0.2, -0.15) is 0 Å². The lowest BCUT2D eigenvalue weighted by Crippen LogP contribution is -2.49. The fourth-order valence-electron chi connectivity index (χ4n) is 2.80. The molecule has 150 valence electrons. The Morgan fingerprint density at radius 1 is 1.33 bits per heavy atom. The maximum atomic E-state index is 14.3. The molecule has 0 spiro atoms. The van der Waals surface area contributed by atoms with Crippen molar-refractivity contribution in [1.82, 2.24) is 15.1 Å². The first-order chi connectivity index (χ1) is 12.5. The molecule has 1 heterocycles. The molecule has 27 heavy (non-hydrogen) atoms. The molecule has 0 aromatic heterocycles. The smallest absolute Gasteiger partial charge is 0.317 e. The van der Waals surface area contributed by atoms with Gasteiger partial charge in [0.05, 0.1) is 5.25 Å². The Bertz CT molecular complexity index is 709. The molecule has 8 heteroatoms. The number of rotatable bonds is 5. The summed E-state index contributed by atoms with van der Waals surface area (Å²) in [5.74, 6) is -1.40. The second-order valence-electron chi connectivity index (χ2n) is 7.68. The molecular weight excluding hydrogens is 372 g/mol. The normalized spacial score (nSPS) is 20.1. The van der Waals surface area contributed by atoms with E-state index in [9.17, 15) is 18.4 Å². The van der Waals surface area contributed by atoms with Crippen LogP contribution in [-0.4, -0.2) is 52.7 Å². The van der Waals surface area contributed by atoms with Crippen molar-refractivity contribution in [2.45, 2.75) is 50.3 Å². The highest BCUT2D eigenvalue weighted by Gasteiger charge is 2.41. The Labute approximate surface area is 163 Å². The summed E-state index contributed by atoms with van der Waals surface area (Å²) in [6.07, 6.45) is 0.625. The van der Waals surface area contributed by atoms with E-state index in [1.807, 2.05) is 27.7 Å². The molecule has 0 saturated carbocycles. The minimum absolute atomic E-state index is 0.0825. The Kier molecular flexibility index (Phi) is 6.72. The van der Waals surface area contributed by atoms with E-state index in [0.29, 0.717) is 13.0 Å². The van der Waals surface area contributed by atoms with Crippen molar-refractivity contribution in [3.8, 4) is 0 Å². The van der Waals surface area contributed by atoms with Crippen LogP contribution in [0.2, 0.25) is 0 Å². The number of thioether (sulfide) groups is 1. The quantitative estimate of drug-likeness (QED) is 0.820. The first-order valence-electron chi connectivity index (χ1n) is 8.97. The standard InChI is InChI=1S/C19H27F2N3O2S/c1-6-15-16(25)24(10-9-23(5)18(26)22-19(2,3)4)17(27-15)13-8-7-12(20)11-14(13)21/h7-8,11,15,17H,6,9-10H2,1-5H3,(H,22,26)/t15-,17-/m0/s1. The highest BCUT2D eigenvalue weighted by atomic mass is 32.2. The molecule has 1 aliphatic heterocycles. The highest BCUT2D eigenvalue weighted by Crippen LogP contribution is 2.44. The van der Waals surface area contributed by atoms with Crippen molar-refractivity contribution >= 4 is 23.7 Å². The van der Waals surface area contributed by atoms with E-state index in [1.54, 1.807) is 11.9 Å². The second kappa shape index (κ2) is 8.46. The molecule has 1 N–H and O–H groups in total. The van der Waals surface area contributed by atoms with Crippen LogP contribution in [0.25, 0.3) is 0 Å². The van der Waals surface area contributed by atoms with E-state index < -0.39 is 17.0 Å². The molecule has 1 saturated heterocycles. The molecule has 0 aliphatic carbocycles. The molecule has 0 bridgehead atoms. The number of amides is 3. The summed E-state index contributed by atoms with van der Waals surface area (Å²) >= 11 is 1.36. The first kappa shape index (κ1) is 21.5. The summed E-state index contributed by atoms with van der Waals surface area (Å²) in [4.78, 5) is 28.0. The minimum Gasteiger partial charge on any atom is -0.333 e. The van der Waals surface area contributed by atoms with Crippen LogP contribution in [0.15, 0.2) is 18.2 Å². The third-order valence-electron chi connectivity index (χ3n) is 4.24. The van der Waals surface area contributed by atoms with Crippen LogP contribution in [0.4, 0.5) is 13.6 Å². The summed E-state index contributed by atoms with van der Waals surface area (Å²) in [7, 11) is 1.65. The maximum Gasteiger partial charge on any atom is 0.317 e. The van der Waals surface area contributed by atoms with Gasteiger partial charge in [0.25, 0.3) is 0 Å². The first-order valence-corrected chi connectivity index (χ1v) is 9.92. The molecule has 1 aliphatic rings. The van der Waals surface area contributed by atoms with Gasteiger partial charge in [0.1, 0.15) is 17.0 Å². The van der Waals surface area contributed by atoms with Gasteiger partial charge < -0.3 is 15.1 Å². The van der Waals surface area contributed by atoms with Crippen LogP contribution in [0.1, 0.15) is 45.1 Å². The summed E-state index contributed by atoms with van der Waals surface area (Å²) in [6.45, 7) is 8.15. The van der Waals surface area contributed by atoms with Gasteiger partial charge in [0.2, 0.25) is 5.91 Å². The van der Waals surface area contributed by atoms with Crippen LogP contribution in [0.3, 0.4) is 0 Å². The zero-order chi connectivity index (χ0) is 20.4. The number of halogens is 2. The molecule has 1 aromatic carbocycles. The maximum absolute atomic E-state index is 14.3. The molecule has 2 rings (SSSR count). The predicted octanol–water partition coefficient (Wildman–Crippen LogP) is 3.76.